The Hall–Kier alpha value is -1.32. The van der Waals surface area contributed by atoms with Gasteiger partial charge in [-0.15, -0.1) is 0 Å². The Bertz CT molecular complexity index is 399. The maximum Gasteiger partial charge on any atom is 0.334 e. The van der Waals surface area contributed by atoms with E-state index in [9.17, 15) is 9.59 Å². The van der Waals surface area contributed by atoms with Crippen LogP contribution >= 0.6 is 0 Å². The first-order valence-electron chi connectivity index (χ1n) is 10.2. The molecule has 0 aromatic carbocycles. The van der Waals surface area contributed by atoms with Gasteiger partial charge in [0, 0.05) is 11.1 Å². The number of rotatable bonds is 15. The highest BCUT2D eigenvalue weighted by atomic mass is 16.5. The van der Waals surface area contributed by atoms with Crippen molar-refractivity contribution in [2.45, 2.75) is 98.3 Å². The highest BCUT2D eigenvalue weighted by molar-refractivity contribution is 6.00. The first-order valence-corrected chi connectivity index (χ1v) is 10.2. The van der Waals surface area contributed by atoms with Crippen molar-refractivity contribution in [1.82, 2.24) is 0 Å². The van der Waals surface area contributed by atoms with Crippen LogP contribution in [0, 0.1) is 0 Å². The lowest BCUT2D eigenvalue weighted by Gasteiger charge is -2.14. The average Bonchev–Trinajstić information content (AvgIpc) is 2.60. The maximum atomic E-state index is 12.5. The van der Waals surface area contributed by atoms with Gasteiger partial charge >= 0.3 is 11.9 Å². The van der Waals surface area contributed by atoms with Crippen LogP contribution in [0.15, 0.2) is 11.1 Å². The van der Waals surface area contributed by atoms with E-state index in [1.165, 1.54) is 0 Å². The molecule has 0 radical (unpaired) electrons. The van der Waals surface area contributed by atoms with E-state index < -0.39 is 0 Å². The minimum absolute atomic E-state index is 0.333. The molecule has 0 amide bonds. The van der Waals surface area contributed by atoms with Gasteiger partial charge in [0.2, 0.25) is 0 Å². The molecule has 25 heavy (non-hydrogen) atoms. The van der Waals surface area contributed by atoms with Crippen LogP contribution in [0.25, 0.3) is 0 Å². The first kappa shape index (κ1) is 23.7. The number of ether oxygens (including phenoxy) is 2. The third kappa shape index (κ3) is 11.0. The molecular formula is C21H38O4. The first-order chi connectivity index (χ1) is 12.1. The summed E-state index contributed by atoms with van der Waals surface area (Å²) in [5.74, 6) is -0.672. The van der Waals surface area contributed by atoms with E-state index in [1.54, 1.807) is 0 Å². The lowest BCUT2D eigenvalue weighted by molar-refractivity contribution is -0.142. The van der Waals surface area contributed by atoms with Crippen molar-refractivity contribution in [3.63, 3.8) is 0 Å². The van der Waals surface area contributed by atoms with Gasteiger partial charge in [0.1, 0.15) is 0 Å². The fraction of sp³-hybridized carbons (Fsp3) is 0.810. The second-order valence-corrected chi connectivity index (χ2v) is 6.50. The molecule has 0 N–H and O–H groups in total. The van der Waals surface area contributed by atoms with E-state index in [0.717, 1.165) is 57.8 Å². The maximum absolute atomic E-state index is 12.5. The van der Waals surface area contributed by atoms with Crippen LogP contribution in [0.3, 0.4) is 0 Å². The van der Waals surface area contributed by atoms with Gasteiger partial charge in [0.25, 0.3) is 0 Å². The normalized spacial score (nSPS) is 11.8. The Morgan fingerprint density at radius 1 is 0.560 bits per heavy atom. The summed E-state index contributed by atoms with van der Waals surface area (Å²) in [6.45, 7) is 9.11. The fourth-order valence-corrected chi connectivity index (χ4v) is 2.52. The van der Waals surface area contributed by atoms with Gasteiger partial charge in [-0.2, -0.15) is 0 Å². The van der Waals surface area contributed by atoms with Crippen LogP contribution < -0.4 is 0 Å². The van der Waals surface area contributed by atoms with Gasteiger partial charge in [0.15, 0.2) is 0 Å². The topological polar surface area (TPSA) is 52.6 Å². The van der Waals surface area contributed by atoms with Gasteiger partial charge in [-0.05, 0) is 32.1 Å². The van der Waals surface area contributed by atoms with Crippen LogP contribution in [-0.4, -0.2) is 25.2 Å². The quantitative estimate of drug-likeness (QED) is 0.214. The van der Waals surface area contributed by atoms with Crippen molar-refractivity contribution in [2.75, 3.05) is 13.2 Å². The number of carbonyl (C=O) groups excluding carboxylic acids is 2. The Kier molecular flexibility index (Phi) is 15.3. The molecule has 0 spiro atoms. The smallest absolute Gasteiger partial charge is 0.334 e. The molecule has 0 aliphatic heterocycles. The highest BCUT2D eigenvalue weighted by Gasteiger charge is 2.22. The standard InChI is InChI=1S/C21H38O4/c1-5-9-12-13-15-19(21(23)25-17-11-7-3)18(14-8-4)20(22)24-16-10-6-2/h5-17H2,1-4H3/b19-18-. The number of hydrogen-bond acceptors (Lipinski definition) is 4. The Labute approximate surface area is 154 Å². The third-order valence-corrected chi connectivity index (χ3v) is 4.10. The number of carbonyl (C=O) groups is 2. The molecule has 0 atom stereocenters. The molecule has 0 aliphatic rings. The minimum atomic E-state index is -0.340. The predicted molar refractivity (Wildman–Crippen MR) is 102 cm³/mol. The second kappa shape index (κ2) is 16.2. The summed E-state index contributed by atoms with van der Waals surface area (Å²) in [7, 11) is 0. The monoisotopic (exact) mass is 354 g/mol. The van der Waals surface area contributed by atoms with Crippen LogP contribution in [0.4, 0.5) is 0 Å². The lowest BCUT2D eigenvalue weighted by atomic mass is 9.98. The minimum Gasteiger partial charge on any atom is -0.462 e. The molecule has 146 valence electrons. The Balaban J connectivity index is 5.18. The molecule has 0 aromatic rings. The van der Waals surface area contributed by atoms with Crippen molar-refractivity contribution in [3.05, 3.63) is 11.1 Å². The van der Waals surface area contributed by atoms with E-state index in [4.69, 9.17) is 9.47 Å². The van der Waals surface area contributed by atoms with Gasteiger partial charge in [-0.1, -0.05) is 66.2 Å². The third-order valence-electron chi connectivity index (χ3n) is 4.10. The van der Waals surface area contributed by atoms with Gasteiger partial charge in [0.05, 0.1) is 13.2 Å². The fourth-order valence-electron chi connectivity index (χ4n) is 2.52. The van der Waals surface area contributed by atoms with Crippen molar-refractivity contribution in [1.29, 1.82) is 0 Å². The zero-order chi connectivity index (χ0) is 18.9. The Morgan fingerprint density at radius 2 is 1.04 bits per heavy atom. The summed E-state index contributed by atoms with van der Waals surface area (Å²) in [6.07, 6.45) is 9.86. The zero-order valence-corrected chi connectivity index (χ0v) is 16.8. The van der Waals surface area contributed by atoms with E-state index >= 15 is 0 Å². The van der Waals surface area contributed by atoms with E-state index in [2.05, 4.69) is 20.8 Å². The highest BCUT2D eigenvalue weighted by Crippen LogP contribution is 2.21. The number of esters is 2. The van der Waals surface area contributed by atoms with Crippen LogP contribution in [-0.2, 0) is 19.1 Å². The van der Waals surface area contributed by atoms with Crippen molar-refractivity contribution < 1.29 is 19.1 Å². The zero-order valence-electron chi connectivity index (χ0n) is 16.8. The van der Waals surface area contributed by atoms with Crippen molar-refractivity contribution >= 4 is 11.9 Å². The van der Waals surface area contributed by atoms with Gasteiger partial charge in [-0.25, -0.2) is 9.59 Å². The molecule has 0 heterocycles. The number of hydrogen-bond donors (Lipinski definition) is 0. The van der Waals surface area contributed by atoms with Crippen LogP contribution in [0.1, 0.15) is 98.3 Å². The summed E-state index contributed by atoms with van der Waals surface area (Å²) < 4.78 is 10.8. The van der Waals surface area contributed by atoms with E-state index in [-0.39, 0.29) is 11.9 Å². The molecule has 0 unspecified atom stereocenters. The molecule has 0 rings (SSSR count). The molecule has 0 saturated heterocycles. The second-order valence-electron chi connectivity index (χ2n) is 6.50. The molecule has 0 bridgehead atoms. The SMILES string of the molecule is CCCCCC/C(C(=O)OCCCC)=C(\CCC)C(=O)OCCCC. The molecule has 4 nitrogen and oxygen atoms in total. The van der Waals surface area contributed by atoms with Crippen molar-refractivity contribution in [3.8, 4) is 0 Å². The van der Waals surface area contributed by atoms with Gasteiger partial charge in [-0.3, -0.25) is 0 Å². The summed E-state index contributed by atoms with van der Waals surface area (Å²) in [6, 6.07) is 0. The molecule has 0 fully saturated rings. The lowest BCUT2D eigenvalue weighted by Crippen LogP contribution is -2.18. The van der Waals surface area contributed by atoms with Crippen LogP contribution in [0.5, 0.6) is 0 Å². The molecule has 0 aromatic heterocycles. The Morgan fingerprint density at radius 3 is 1.48 bits per heavy atom. The van der Waals surface area contributed by atoms with E-state index in [0.29, 0.717) is 37.2 Å². The molecule has 0 aliphatic carbocycles. The van der Waals surface area contributed by atoms with E-state index in [1.807, 2.05) is 6.92 Å². The summed E-state index contributed by atoms with van der Waals surface area (Å²) >= 11 is 0. The molecular weight excluding hydrogens is 316 g/mol. The van der Waals surface area contributed by atoms with Gasteiger partial charge < -0.3 is 9.47 Å². The number of unbranched alkanes of at least 4 members (excludes halogenated alkanes) is 5. The summed E-state index contributed by atoms with van der Waals surface area (Å²) in [5.41, 5.74) is 1.06. The summed E-state index contributed by atoms with van der Waals surface area (Å²) in [4.78, 5) is 25.0. The molecule has 0 saturated carbocycles. The largest absolute Gasteiger partial charge is 0.462 e. The van der Waals surface area contributed by atoms with Crippen LogP contribution in [0.2, 0.25) is 0 Å². The molecule has 4 heteroatoms. The predicted octanol–water partition coefficient (Wildman–Crippen LogP) is 5.74. The summed E-state index contributed by atoms with van der Waals surface area (Å²) in [5, 5.41) is 0. The average molecular weight is 355 g/mol. The van der Waals surface area contributed by atoms with Crippen molar-refractivity contribution in [2.24, 2.45) is 0 Å².